The molecule has 1 aromatic rings. The molecule has 0 bridgehead atoms. The van der Waals surface area contributed by atoms with Gasteiger partial charge in [0.2, 0.25) is 0 Å². The fraction of sp³-hybridized carbons (Fsp3) is 0.500. The highest BCUT2D eigenvalue weighted by molar-refractivity contribution is 5.82. The molecule has 0 N–H and O–H groups in total. The van der Waals surface area contributed by atoms with Crippen LogP contribution in [-0.2, 0) is 9.53 Å². The topological polar surface area (TPSA) is 38.8 Å². The minimum absolute atomic E-state index is 0.237. The highest BCUT2D eigenvalue weighted by Crippen LogP contribution is 2.27. The van der Waals surface area contributed by atoms with E-state index in [-0.39, 0.29) is 12.0 Å². The van der Waals surface area contributed by atoms with Crippen molar-refractivity contribution in [2.24, 2.45) is 0 Å². The van der Waals surface area contributed by atoms with Crippen LogP contribution >= 0.6 is 0 Å². The van der Waals surface area contributed by atoms with Gasteiger partial charge in [0.25, 0.3) is 0 Å². The number of esters is 1. The van der Waals surface area contributed by atoms with Crippen LogP contribution in [0.1, 0.15) is 33.6 Å². The lowest BCUT2D eigenvalue weighted by Crippen LogP contribution is -2.28. The Morgan fingerprint density at radius 2 is 1.95 bits per heavy atom. The number of anilines is 1. The smallest absolute Gasteiger partial charge is 0.331 e. The standard InChI is InChI=1S/C18H25NO3/c1-18(2,3)22-17(20)12-9-14-6-5-13-19(14)15-7-10-16(21-4)11-8-15/h7-12,14H,5-6,13H2,1-4H3/b12-9+/t14-/m0/s1. The summed E-state index contributed by atoms with van der Waals surface area (Å²) in [6, 6.07) is 8.27. The number of methoxy groups -OCH3 is 1. The van der Waals surface area contributed by atoms with Crippen LogP contribution in [0.3, 0.4) is 0 Å². The molecule has 120 valence electrons. The van der Waals surface area contributed by atoms with Crippen LogP contribution in [0.4, 0.5) is 5.69 Å². The summed E-state index contributed by atoms with van der Waals surface area (Å²) in [4.78, 5) is 14.1. The van der Waals surface area contributed by atoms with Crippen molar-refractivity contribution in [3.05, 3.63) is 36.4 Å². The van der Waals surface area contributed by atoms with E-state index in [2.05, 4.69) is 17.0 Å². The van der Waals surface area contributed by atoms with Crippen molar-refractivity contribution in [2.45, 2.75) is 45.3 Å². The van der Waals surface area contributed by atoms with Gasteiger partial charge in [-0.05, 0) is 57.9 Å². The van der Waals surface area contributed by atoms with Gasteiger partial charge in [0, 0.05) is 24.4 Å². The number of carbonyl (C=O) groups excluding carboxylic acids is 1. The molecule has 1 saturated heterocycles. The van der Waals surface area contributed by atoms with Crippen molar-refractivity contribution >= 4 is 11.7 Å². The zero-order valence-corrected chi connectivity index (χ0v) is 13.8. The highest BCUT2D eigenvalue weighted by Gasteiger charge is 2.23. The zero-order chi connectivity index (χ0) is 16.2. The van der Waals surface area contributed by atoms with Gasteiger partial charge in [-0.15, -0.1) is 0 Å². The minimum atomic E-state index is -0.452. The Morgan fingerprint density at radius 1 is 1.27 bits per heavy atom. The first-order valence-electron chi connectivity index (χ1n) is 7.71. The average Bonchev–Trinajstić information content (AvgIpc) is 2.92. The summed E-state index contributed by atoms with van der Waals surface area (Å²) in [5.74, 6) is 0.567. The maximum atomic E-state index is 11.8. The van der Waals surface area contributed by atoms with Crippen LogP contribution in [-0.4, -0.2) is 31.3 Å². The first-order valence-corrected chi connectivity index (χ1v) is 7.71. The van der Waals surface area contributed by atoms with Crippen molar-refractivity contribution < 1.29 is 14.3 Å². The van der Waals surface area contributed by atoms with E-state index in [1.54, 1.807) is 13.2 Å². The van der Waals surface area contributed by atoms with E-state index in [1.165, 1.54) is 0 Å². The van der Waals surface area contributed by atoms with Gasteiger partial charge < -0.3 is 14.4 Å². The minimum Gasteiger partial charge on any atom is -0.497 e. The molecule has 0 amide bonds. The molecule has 1 atom stereocenters. The number of rotatable bonds is 4. The highest BCUT2D eigenvalue weighted by atomic mass is 16.6. The fourth-order valence-electron chi connectivity index (χ4n) is 2.61. The number of hydrogen-bond donors (Lipinski definition) is 0. The first-order chi connectivity index (χ1) is 10.4. The van der Waals surface area contributed by atoms with Crippen LogP contribution in [0.2, 0.25) is 0 Å². The molecule has 1 aliphatic heterocycles. The Bertz CT molecular complexity index is 528. The first kappa shape index (κ1) is 16.4. The molecule has 2 rings (SSSR count). The molecule has 1 fully saturated rings. The van der Waals surface area contributed by atoms with E-state index in [9.17, 15) is 4.79 Å². The van der Waals surface area contributed by atoms with Crippen molar-refractivity contribution in [2.75, 3.05) is 18.6 Å². The summed E-state index contributed by atoms with van der Waals surface area (Å²) in [5.41, 5.74) is 0.699. The molecule has 22 heavy (non-hydrogen) atoms. The molecule has 1 aromatic carbocycles. The molecule has 0 unspecified atom stereocenters. The molecule has 0 spiro atoms. The van der Waals surface area contributed by atoms with Gasteiger partial charge in [0.05, 0.1) is 7.11 Å². The van der Waals surface area contributed by atoms with Crippen LogP contribution in [0.15, 0.2) is 36.4 Å². The number of benzene rings is 1. The lowest BCUT2D eigenvalue weighted by molar-refractivity contribution is -0.148. The third-order valence-electron chi connectivity index (χ3n) is 3.56. The lowest BCUT2D eigenvalue weighted by Gasteiger charge is -2.25. The predicted molar refractivity (Wildman–Crippen MR) is 88.3 cm³/mol. The monoisotopic (exact) mass is 303 g/mol. The lowest BCUT2D eigenvalue weighted by atomic mass is 10.1. The van der Waals surface area contributed by atoms with Gasteiger partial charge in [0.1, 0.15) is 11.4 Å². The van der Waals surface area contributed by atoms with Crippen molar-refractivity contribution in [1.82, 2.24) is 0 Å². The summed E-state index contributed by atoms with van der Waals surface area (Å²) < 4.78 is 10.5. The van der Waals surface area contributed by atoms with Crippen LogP contribution in [0, 0.1) is 0 Å². The summed E-state index contributed by atoms with van der Waals surface area (Å²) >= 11 is 0. The van der Waals surface area contributed by atoms with Gasteiger partial charge in [-0.1, -0.05) is 6.08 Å². The molecule has 0 aliphatic carbocycles. The fourth-order valence-corrected chi connectivity index (χ4v) is 2.61. The molecular formula is C18H25NO3. The Balaban J connectivity index is 2.02. The van der Waals surface area contributed by atoms with E-state index in [0.29, 0.717) is 0 Å². The quantitative estimate of drug-likeness (QED) is 0.630. The zero-order valence-electron chi connectivity index (χ0n) is 13.8. The Labute approximate surface area is 132 Å². The van der Waals surface area contributed by atoms with E-state index in [1.807, 2.05) is 39.0 Å². The van der Waals surface area contributed by atoms with Crippen LogP contribution in [0.5, 0.6) is 5.75 Å². The maximum Gasteiger partial charge on any atom is 0.331 e. The van der Waals surface area contributed by atoms with Crippen LogP contribution < -0.4 is 9.64 Å². The number of nitrogens with zero attached hydrogens (tertiary/aromatic N) is 1. The molecule has 1 aliphatic rings. The summed E-state index contributed by atoms with van der Waals surface area (Å²) in [5, 5.41) is 0. The number of carbonyl (C=O) groups is 1. The van der Waals surface area contributed by atoms with Crippen molar-refractivity contribution in [3.63, 3.8) is 0 Å². The molecule has 4 nitrogen and oxygen atoms in total. The average molecular weight is 303 g/mol. The number of hydrogen-bond acceptors (Lipinski definition) is 4. The van der Waals surface area contributed by atoms with E-state index >= 15 is 0 Å². The second kappa shape index (κ2) is 6.86. The Kier molecular flexibility index (Phi) is 5.11. The largest absolute Gasteiger partial charge is 0.497 e. The molecule has 4 heteroatoms. The van der Waals surface area contributed by atoms with E-state index in [0.717, 1.165) is 30.8 Å². The van der Waals surface area contributed by atoms with Crippen LogP contribution in [0.25, 0.3) is 0 Å². The molecular weight excluding hydrogens is 278 g/mol. The number of ether oxygens (including phenoxy) is 2. The van der Waals surface area contributed by atoms with E-state index in [4.69, 9.17) is 9.47 Å². The Hall–Kier alpha value is -1.97. The van der Waals surface area contributed by atoms with Gasteiger partial charge >= 0.3 is 5.97 Å². The summed E-state index contributed by atoms with van der Waals surface area (Å²) in [6.45, 7) is 6.61. The molecule has 0 saturated carbocycles. The second-order valence-electron chi connectivity index (χ2n) is 6.49. The van der Waals surface area contributed by atoms with Gasteiger partial charge in [-0.25, -0.2) is 4.79 Å². The van der Waals surface area contributed by atoms with Gasteiger partial charge in [-0.2, -0.15) is 0 Å². The Morgan fingerprint density at radius 3 is 2.55 bits per heavy atom. The summed E-state index contributed by atoms with van der Waals surface area (Å²) in [7, 11) is 1.66. The SMILES string of the molecule is COc1ccc(N2CCC[C@H]2/C=C/C(=O)OC(C)(C)C)cc1. The third-order valence-corrected chi connectivity index (χ3v) is 3.56. The van der Waals surface area contributed by atoms with Crippen molar-refractivity contribution in [1.29, 1.82) is 0 Å². The third kappa shape index (κ3) is 4.52. The molecule has 0 aromatic heterocycles. The van der Waals surface area contributed by atoms with Gasteiger partial charge in [-0.3, -0.25) is 0 Å². The molecule has 0 radical (unpaired) electrons. The normalized spacial score (nSPS) is 18.7. The van der Waals surface area contributed by atoms with Gasteiger partial charge in [0.15, 0.2) is 0 Å². The van der Waals surface area contributed by atoms with Crippen molar-refractivity contribution in [3.8, 4) is 5.75 Å². The second-order valence-corrected chi connectivity index (χ2v) is 6.49. The molecule has 1 heterocycles. The maximum absolute atomic E-state index is 11.8. The predicted octanol–water partition coefficient (Wildman–Crippen LogP) is 3.56. The van der Waals surface area contributed by atoms with E-state index < -0.39 is 5.60 Å². The summed E-state index contributed by atoms with van der Waals surface area (Å²) in [6.07, 6.45) is 5.67.